The molecule has 7 N–H and O–H groups in total. The van der Waals surface area contributed by atoms with Crippen LogP contribution >= 0.6 is 15.4 Å². The van der Waals surface area contributed by atoms with Crippen LogP contribution in [0.25, 0.3) is 0 Å². The molecule has 0 aliphatic carbocycles. The first kappa shape index (κ1) is 31.8. The Hall–Kier alpha value is -3.17. The molecule has 7 atom stereocenters. The first-order valence-electron chi connectivity index (χ1n) is 12.4. The smallest absolute Gasteiger partial charge is 0.387 e. The maximum atomic E-state index is 13.0. The molecule has 2 aliphatic heterocycles. The van der Waals surface area contributed by atoms with E-state index in [1.54, 1.807) is 31.2 Å². The van der Waals surface area contributed by atoms with Crippen LogP contribution in [0.2, 0.25) is 0 Å². The first-order chi connectivity index (χ1) is 19.7. The van der Waals surface area contributed by atoms with E-state index in [1.165, 1.54) is 24.4 Å². The van der Waals surface area contributed by atoms with E-state index in [9.17, 15) is 43.1 Å². The molecule has 2 aromatic rings. The molecule has 0 saturated carbocycles. The van der Waals surface area contributed by atoms with E-state index in [0.717, 1.165) is 17.0 Å². The van der Waals surface area contributed by atoms with E-state index in [-0.39, 0.29) is 0 Å². The Balaban J connectivity index is 1.30. The number of phosphoric acid groups is 1. The summed E-state index contributed by atoms with van der Waals surface area (Å²) in [5.41, 5.74) is 1.39. The van der Waals surface area contributed by atoms with Gasteiger partial charge in [-0.05, 0) is 48.4 Å². The van der Waals surface area contributed by atoms with E-state index in [1.807, 2.05) is 0 Å². The van der Waals surface area contributed by atoms with Crippen LogP contribution in [0.1, 0.15) is 11.1 Å². The highest BCUT2D eigenvalue weighted by Gasteiger charge is 2.48. The van der Waals surface area contributed by atoms with Gasteiger partial charge in [-0.2, -0.15) is 0 Å². The summed E-state index contributed by atoms with van der Waals surface area (Å²) >= 11 is 0. The van der Waals surface area contributed by atoms with Crippen molar-refractivity contribution in [1.29, 1.82) is 0 Å². The molecule has 0 radical (unpaired) electrons. The number of ether oxygens (including phenoxy) is 1. The molecule has 4 rings (SSSR count). The zero-order valence-electron chi connectivity index (χ0n) is 21.9. The van der Waals surface area contributed by atoms with Crippen molar-refractivity contribution in [3.05, 3.63) is 77.8 Å². The van der Waals surface area contributed by atoms with Crippen molar-refractivity contribution in [2.45, 2.75) is 43.8 Å². The second kappa shape index (κ2) is 13.0. The number of carbonyl (C=O) groups excluding carboxylic acids is 2. The van der Waals surface area contributed by atoms with Crippen molar-refractivity contribution in [3.8, 4) is 0 Å². The number of phosphoric ester groups is 1. The highest BCUT2D eigenvalue weighted by atomic mass is 31.3. The number of urea groups is 2. The van der Waals surface area contributed by atoms with Crippen LogP contribution in [0.15, 0.2) is 60.8 Å². The Morgan fingerprint density at radius 3 is 2.48 bits per heavy atom. The highest BCUT2D eigenvalue weighted by Crippen LogP contribution is 2.61. The van der Waals surface area contributed by atoms with Gasteiger partial charge in [0.15, 0.2) is 6.23 Å². The zero-order chi connectivity index (χ0) is 30.7. The van der Waals surface area contributed by atoms with E-state index in [2.05, 4.69) is 20.3 Å². The number of hydrogen-bond acceptors (Lipinski definition) is 9. The number of aryl methyl sites for hydroxylation is 1. The number of rotatable bonds is 10. The molecular formula is C24H29FN4O11P2. The summed E-state index contributed by atoms with van der Waals surface area (Å²) in [6.07, 6.45) is -5.32. The maximum absolute atomic E-state index is 13.0. The van der Waals surface area contributed by atoms with E-state index in [4.69, 9.17) is 9.26 Å². The van der Waals surface area contributed by atoms with Gasteiger partial charge in [0.2, 0.25) is 0 Å². The van der Waals surface area contributed by atoms with Crippen LogP contribution in [0.4, 0.5) is 19.7 Å². The summed E-state index contributed by atoms with van der Waals surface area (Å²) in [5.74, 6) is -0.484. The molecule has 1 fully saturated rings. The number of nitrogens with zero attached hydrogens (tertiary/aromatic N) is 1. The molecule has 2 aliphatic rings. The molecule has 0 spiro atoms. The monoisotopic (exact) mass is 630 g/mol. The van der Waals surface area contributed by atoms with E-state index >= 15 is 0 Å². The van der Waals surface area contributed by atoms with Crippen molar-refractivity contribution < 1.29 is 56.7 Å². The minimum Gasteiger partial charge on any atom is -0.387 e. The molecule has 18 heteroatoms. The number of aliphatic hydroxyl groups is 2. The van der Waals surface area contributed by atoms with Gasteiger partial charge >= 0.3 is 27.5 Å². The average Bonchev–Trinajstić information content (AvgIpc) is 3.18. The predicted molar refractivity (Wildman–Crippen MR) is 144 cm³/mol. The Morgan fingerprint density at radius 2 is 1.81 bits per heavy atom. The lowest BCUT2D eigenvalue weighted by Crippen LogP contribution is -2.57. The fourth-order valence-electron chi connectivity index (χ4n) is 4.11. The van der Waals surface area contributed by atoms with Crippen LogP contribution in [0, 0.1) is 12.7 Å². The molecule has 0 bridgehead atoms. The molecule has 228 valence electrons. The quantitative estimate of drug-likeness (QED) is 0.189. The molecule has 4 unspecified atom stereocenters. The molecule has 2 heterocycles. The average molecular weight is 630 g/mol. The van der Waals surface area contributed by atoms with Crippen molar-refractivity contribution in [2.24, 2.45) is 0 Å². The minimum atomic E-state index is -5.14. The SMILES string of the molecule is Cc1ccccc1CP(=O)(O)OP(=O)(O)OC[C@H]1O[C@@H](N2C=CC(NC(=O)Nc3ccc(F)cc3)NC2=O)C(O)[C@H]1O. The second-order valence-electron chi connectivity index (χ2n) is 9.40. The molecule has 2 aromatic carbocycles. The summed E-state index contributed by atoms with van der Waals surface area (Å²) in [6.45, 7) is 0.839. The van der Waals surface area contributed by atoms with Crippen molar-refractivity contribution in [3.63, 3.8) is 0 Å². The lowest BCUT2D eigenvalue weighted by atomic mass is 10.1. The van der Waals surface area contributed by atoms with Gasteiger partial charge in [0, 0.05) is 11.9 Å². The van der Waals surface area contributed by atoms with Crippen molar-refractivity contribution in [2.75, 3.05) is 11.9 Å². The van der Waals surface area contributed by atoms with Gasteiger partial charge in [0.1, 0.15) is 30.3 Å². The number of nitrogens with one attached hydrogen (secondary N) is 3. The number of hydrogen-bond donors (Lipinski definition) is 7. The Labute approximate surface area is 239 Å². The molecule has 1 saturated heterocycles. The second-order valence-corrected chi connectivity index (χ2v) is 12.8. The van der Waals surface area contributed by atoms with Crippen LogP contribution < -0.4 is 16.0 Å². The lowest BCUT2D eigenvalue weighted by Gasteiger charge is -2.32. The molecular weight excluding hydrogens is 601 g/mol. The number of amides is 4. The van der Waals surface area contributed by atoms with Gasteiger partial charge in [0.25, 0.3) is 0 Å². The number of anilines is 1. The predicted octanol–water partition coefficient (Wildman–Crippen LogP) is 2.09. The van der Waals surface area contributed by atoms with Gasteiger partial charge < -0.3 is 40.7 Å². The van der Waals surface area contributed by atoms with Gasteiger partial charge in [-0.15, -0.1) is 0 Å². The summed E-state index contributed by atoms with van der Waals surface area (Å²) in [6, 6.07) is 10.0. The van der Waals surface area contributed by atoms with Gasteiger partial charge in [-0.1, -0.05) is 24.3 Å². The fourth-order valence-corrected chi connectivity index (χ4v) is 6.94. The largest absolute Gasteiger partial charge is 0.479 e. The number of aliphatic hydroxyl groups excluding tert-OH is 2. The molecule has 42 heavy (non-hydrogen) atoms. The Kier molecular flexibility index (Phi) is 9.83. The van der Waals surface area contributed by atoms with E-state index < -0.39 is 76.8 Å². The van der Waals surface area contributed by atoms with Crippen molar-refractivity contribution >= 4 is 33.2 Å². The summed E-state index contributed by atoms with van der Waals surface area (Å²) in [4.78, 5) is 45.8. The number of benzene rings is 2. The van der Waals surface area contributed by atoms with Gasteiger partial charge in [0.05, 0.1) is 12.8 Å². The van der Waals surface area contributed by atoms with E-state index in [0.29, 0.717) is 16.8 Å². The van der Waals surface area contributed by atoms with Gasteiger partial charge in [-0.25, -0.2) is 22.9 Å². The molecule has 0 aromatic heterocycles. The van der Waals surface area contributed by atoms with Crippen LogP contribution in [0.3, 0.4) is 0 Å². The van der Waals surface area contributed by atoms with Crippen LogP contribution in [0.5, 0.6) is 0 Å². The minimum absolute atomic E-state index is 0.303. The molecule has 15 nitrogen and oxygen atoms in total. The first-order valence-corrected chi connectivity index (χ1v) is 15.7. The highest BCUT2D eigenvalue weighted by molar-refractivity contribution is 7.63. The number of carbonyl (C=O) groups is 2. The normalized spacial score (nSPS) is 26.7. The maximum Gasteiger partial charge on any atom is 0.479 e. The third kappa shape index (κ3) is 8.22. The summed E-state index contributed by atoms with van der Waals surface area (Å²) in [7, 11) is -9.78. The topological polar surface area (TPSA) is 216 Å². The Morgan fingerprint density at radius 1 is 1.12 bits per heavy atom. The van der Waals surface area contributed by atoms with Crippen molar-refractivity contribution in [1.82, 2.24) is 15.5 Å². The fraction of sp³-hybridized carbons (Fsp3) is 0.333. The van der Waals surface area contributed by atoms with Gasteiger partial charge in [-0.3, -0.25) is 14.0 Å². The van der Waals surface area contributed by atoms with Crippen LogP contribution in [-0.2, 0) is 28.9 Å². The zero-order valence-corrected chi connectivity index (χ0v) is 23.7. The number of halogens is 1. The summed E-state index contributed by atoms with van der Waals surface area (Å²) in [5, 5.41) is 28.2. The van der Waals surface area contributed by atoms with Crippen LogP contribution in [-0.4, -0.2) is 74.3 Å². The third-order valence-corrected chi connectivity index (χ3v) is 9.28. The molecule has 4 amide bonds. The lowest BCUT2D eigenvalue weighted by molar-refractivity contribution is -0.0654. The standard InChI is InChI=1S/C24H29FN4O11P2/c1-14-4-2-3-5-15(14)13-41(34,35)40-42(36,37)38-12-18-20(30)21(31)22(39-18)29-11-10-19(28-24(29)33)27-23(32)26-17-8-6-16(25)7-9-17/h2-11,18-22,30-31H,12-13H2,1H3,(H,28,33)(H,34,35)(H,36,37)(H2,26,27,32)/t18-,19?,20+,21?,22-/m1/s1. The third-order valence-electron chi connectivity index (χ3n) is 6.22. The Bertz CT molecular complexity index is 1430. The summed E-state index contributed by atoms with van der Waals surface area (Å²) < 4.78 is 52.6.